The zero-order valence-corrected chi connectivity index (χ0v) is 11.8. The van der Waals surface area contributed by atoms with Gasteiger partial charge in [0.25, 0.3) is 5.91 Å². The molecule has 102 valence electrons. The quantitative estimate of drug-likeness (QED) is 0.893. The van der Waals surface area contributed by atoms with Crippen molar-refractivity contribution in [2.45, 2.75) is 13.8 Å². The standard InChI is InChI=1S/C13H15ClN2O3/c1-7-4-9-13(8(2)12(7)14)16(5-10(17)15-3)11(18)6-19-9/h4H,5-6H2,1-3H3,(H,15,17). The fraction of sp³-hybridized carbons (Fsp3) is 0.385. The number of fused-ring (bicyclic) bond motifs is 1. The molecule has 2 rings (SSSR count). The molecule has 0 atom stereocenters. The molecule has 2 amide bonds. The summed E-state index contributed by atoms with van der Waals surface area (Å²) in [5.74, 6) is 0.0966. The lowest BCUT2D eigenvalue weighted by molar-refractivity contribution is -0.125. The predicted molar refractivity (Wildman–Crippen MR) is 72.8 cm³/mol. The van der Waals surface area contributed by atoms with Crippen molar-refractivity contribution in [1.82, 2.24) is 5.32 Å². The molecule has 0 unspecified atom stereocenters. The number of nitrogens with zero attached hydrogens (tertiary/aromatic N) is 1. The molecule has 1 aliphatic rings. The molecule has 1 aromatic rings. The highest BCUT2D eigenvalue weighted by molar-refractivity contribution is 6.32. The number of likely N-dealkylation sites (N-methyl/N-ethyl adjacent to an activating group) is 1. The maximum Gasteiger partial charge on any atom is 0.265 e. The third-order valence-corrected chi connectivity index (χ3v) is 3.70. The minimum atomic E-state index is -0.251. The van der Waals surface area contributed by atoms with Gasteiger partial charge >= 0.3 is 0 Å². The number of hydrogen-bond donors (Lipinski definition) is 1. The van der Waals surface area contributed by atoms with Gasteiger partial charge in [0, 0.05) is 12.1 Å². The van der Waals surface area contributed by atoms with Crippen LogP contribution in [0.15, 0.2) is 6.07 Å². The molecule has 6 heteroatoms. The molecule has 0 saturated carbocycles. The van der Waals surface area contributed by atoms with Crippen LogP contribution in [0.1, 0.15) is 11.1 Å². The Kier molecular flexibility index (Phi) is 3.66. The van der Waals surface area contributed by atoms with E-state index in [0.29, 0.717) is 16.5 Å². The molecule has 1 aliphatic heterocycles. The van der Waals surface area contributed by atoms with Crippen molar-refractivity contribution >= 4 is 29.1 Å². The van der Waals surface area contributed by atoms with E-state index in [-0.39, 0.29) is 25.0 Å². The average molecular weight is 283 g/mol. The summed E-state index contributed by atoms with van der Waals surface area (Å²) >= 11 is 6.20. The second-order valence-corrected chi connectivity index (χ2v) is 4.80. The smallest absolute Gasteiger partial charge is 0.265 e. The fourth-order valence-electron chi connectivity index (χ4n) is 2.09. The third kappa shape index (κ3) is 2.38. The lowest BCUT2D eigenvalue weighted by Crippen LogP contribution is -2.44. The van der Waals surface area contributed by atoms with Gasteiger partial charge in [-0.1, -0.05) is 11.6 Å². The first kappa shape index (κ1) is 13.7. The number of ether oxygens (including phenoxy) is 1. The summed E-state index contributed by atoms with van der Waals surface area (Å²) in [5, 5.41) is 3.08. The number of nitrogens with one attached hydrogen (secondary N) is 1. The minimum absolute atomic E-state index is 0.0358. The van der Waals surface area contributed by atoms with Crippen molar-refractivity contribution in [3.05, 3.63) is 22.2 Å². The summed E-state index contributed by atoms with van der Waals surface area (Å²) < 4.78 is 5.42. The van der Waals surface area contributed by atoms with Crippen LogP contribution >= 0.6 is 11.6 Å². The summed E-state index contributed by atoms with van der Waals surface area (Å²) in [7, 11) is 1.53. The Morgan fingerprint density at radius 1 is 1.53 bits per heavy atom. The van der Waals surface area contributed by atoms with Crippen molar-refractivity contribution in [3.63, 3.8) is 0 Å². The number of carbonyl (C=O) groups is 2. The number of carbonyl (C=O) groups excluding carboxylic acids is 2. The lowest BCUT2D eigenvalue weighted by atomic mass is 10.1. The van der Waals surface area contributed by atoms with Gasteiger partial charge in [-0.05, 0) is 31.0 Å². The summed E-state index contributed by atoms with van der Waals surface area (Å²) in [6.45, 7) is 3.59. The second-order valence-electron chi connectivity index (χ2n) is 4.42. The normalized spacial score (nSPS) is 13.9. The van der Waals surface area contributed by atoms with Crippen molar-refractivity contribution in [2.75, 3.05) is 25.1 Å². The van der Waals surface area contributed by atoms with E-state index in [9.17, 15) is 9.59 Å². The molecule has 5 nitrogen and oxygen atoms in total. The zero-order chi connectivity index (χ0) is 14.2. The lowest BCUT2D eigenvalue weighted by Gasteiger charge is -2.31. The topological polar surface area (TPSA) is 58.6 Å². The first-order chi connectivity index (χ1) is 8.95. The molecule has 0 spiro atoms. The van der Waals surface area contributed by atoms with Crippen LogP contribution in [0.5, 0.6) is 5.75 Å². The molecule has 1 aromatic carbocycles. The maximum atomic E-state index is 11.9. The maximum absolute atomic E-state index is 11.9. The fourth-order valence-corrected chi connectivity index (χ4v) is 2.23. The Morgan fingerprint density at radius 2 is 2.21 bits per heavy atom. The Balaban J connectivity index is 2.51. The van der Waals surface area contributed by atoms with Crippen LogP contribution in [-0.4, -0.2) is 32.0 Å². The first-order valence-electron chi connectivity index (χ1n) is 5.89. The minimum Gasteiger partial charge on any atom is -0.482 e. The van der Waals surface area contributed by atoms with Gasteiger partial charge in [0.15, 0.2) is 6.61 Å². The van der Waals surface area contributed by atoms with E-state index in [1.54, 1.807) is 6.07 Å². The molecule has 19 heavy (non-hydrogen) atoms. The van der Waals surface area contributed by atoms with Gasteiger partial charge in [-0.3, -0.25) is 14.5 Å². The number of halogens is 1. The number of amides is 2. The summed E-state index contributed by atoms with van der Waals surface area (Å²) in [6.07, 6.45) is 0. The molecule has 1 heterocycles. The van der Waals surface area contributed by atoms with Gasteiger partial charge in [-0.2, -0.15) is 0 Å². The van der Waals surface area contributed by atoms with Crippen LogP contribution < -0.4 is 15.0 Å². The van der Waals surface area contributed by atoms with E-state index in [4.69, 9.17) is 16.3 Å². The van der Waals surface area contributed by atoms with Crippen molar-refractivity contribution in [3.8, 4) is 5.75 Å². The van der Waals surface area contributed by atoms with Crippen molar-refractivity contribution in [2.24, 2.45) is 0 Å². The van der Waals surface area contributed by atoms with Crippen LogP contribution in [0, 0.1) is 13.8 Å². The van der Waals surface area contributed by atoms with Crippen molar-refractivity contribution in [1.29, 1.82) is 0 Å². The summed E-state index contributed by atoms with van der Waals surface area (Å²) in [5.41, 5.74) is 2.20. The SMILES string of the molecule is CNC(=O)CN1C(=O)COc2cc(C)c(Cl)c(C)c21. The largest absolute Gasteiger partial charge is 0.482 e. The van der Waals surface area contributed by atoms with E-state index in [2.05, 4.69) is 5.32 Å². The molecule has 0 saturated heterocycles. The molecular weight excluding hydrogens is 268 g/mol. The van der Waals surface area contributed by atoms with E-state index >= 15 is 0 Å². The van der Waals surface area contributed by atoms with Gasteiger partial charge in [0.05, 0.1) is 5.69 Å². The zero-order valence-electron chi connectivity index (χ0n) is 11.0. The van der Waals surface area contributed by atoms with E-state index in [1.165, 1.54) is 11.9 Å². The highest BCUT2D eigenvalue weighted by atomic mass is 35.5. The molecular formula is C13H15ClN2O3. The molecule has 1 N–H and O–H groups in total. The molecule has 0 fully saturated rings. The second kappa shape index (κ2) is 5.09. The first-order valence-corrected chi connectivity index (χ1v) is 6.27. The Morgan fingerprint density at radius 3 is 2.84 bits per heavy atom. The van der Waals surface area contributed by atoms with Gasteiger partial charge < -0.3 is 10.1 Å². The number of anilines is 1. The van der Waals surface area contributed by atoms with Crippen molar-refractivity contribution < 1.29 is 14.3 Å². The van der Waals surface area contributed by atoms with Crippen LogP contribution in [0.25, 0.3) is 0 Å². The van der Waals surface area contributed by atoms with Gasteiger partial charge in [-0.15, -0.1) is 0 Å². The number of hydrogen-bond acceptors (Lipinski definition) is 3. The summed E-state index contributed by atoms with van der Waals surface area (Å²) in [6, 6.07) is 1.79. The monoisotopic (exact) mass is 282 g/mol. The van der Waals surface area contributed by atoms with E-state index in [0.717, 1.165) is 11.1 Å². The number of aryl methyl sites for hydroxylation is 1. The Labute approximate surface area is 116 Å². The molecule has 0 radical (unpaired) electrons. The van der Waals surface area contributed by atoms with Gasteiger partial charge in [-0.25, -0.2) is 0 Å². The predicted octanol–water partition coefficient (Wildman–Crippen LogP) is 1.43. The molecule has 0 aliphatic carbocycles. The van der Waals surface area contributed by atoms with Crippen LogP contribution in [0.4, 0.5) is 5.69 Å². The summed E-state index contributed by atoms with van der Waals surface area (Å²) in [4.78, 5) is 24.9. The van der Waals surface area contributed by atoms with Crippen LogP contribution in [-0.2, 0) is 9.59 Å². The van der Waals surface area contributed by atoms with Crippen LogP contribution in [0.2, 0.25) is 5.02 Å². The average Bonchev–Trinajstić information content (AvgIpc) is 2.39. The Hall–Kier alpha value is -1.75. The Bertz CT molecular complexity index is 557. The van der Waals surface area contributed by atoms with E-state index < -0.39 is 0 Å². The van der Waals surface area contributed by atoms with Gasteiger partial charge in [0.2, 0.25) is 5.91 Å². The highest BCUT2D eigenvalue weighted by Gasteiger charge is 2.30. The van der Waals surface area contributed by atoms with E-state index in [1.807, 2.05) is 13.8 Å². The molecule has 0 bridgehead atoms. The number of benzene rings is 1. The number of rotatable bonds is 2. The van der Waals surface area contributed by atoms with Crippen LogP contribution in [0.3, 0.4) is 0 Å². The highest BCUT2D eigenvalue weighted by Crippen LogP contribution is 2.40. The third-order valence-electron chi connectivity index (χ3n) is 3.11. The van der Waals surface area contributed by atoms with Gasteiger partial charge in [0.1, 0.15) is 12.3 Å². The molecule has 0 aromatic heterocycles.